The van der Waals surface area contributed by atoms with Crippen LogP contribution in [0.1, 0.15) is 23.5 Å². The highest BCUT2D eigenvalue weighted by Crippen LogP contribution is 2.27. The molecule has 0 fully saturated rings. The highest BCUT2D eigenvalue weighted by Gasteiger charge is 2.25. The van der Waals surface area contributed by atoms with Crippen molar-refractivity contribution in [2.24, 2.45) is 0 Å². The van der Waals surface area contributed by atoms with Gasteiger partial charge in [-0.1, -0.05) is 0 Å². The summed E-state index contributed by atoms with van der Waals surface area (Å²) in [6.07, 6.45) is 2.63. The second-order valence-corrected chi connectivity index (χ2v) is 7.55. The number of furan rings is 2. The van der Waals surface area contributed by atoms with E-state index in [0.29, 0.717) is 30.2 Å². The standard InChI is InChI=1S/C23H25FN2O5/c24-18-5-6-22-17(11-18)12-26(14-20-3-1-9-30-20)23(28)7-8-25(22)13-19(27)15-29-16-21-4-2-10-31-21/h1-6,9-11,19,27H,7-8,12-16H2. The van der Waals surface area contributed by atoms with E-state index in [4.69, 9.17) is 13.6 Å². The van der Waals surface area contributed by atoms with E-state index >= 15 is 0 Å². The lowest BCUT2D eigenvalue weighted by atomic mass is 10.1. The summed E-state index contributed by atoms with van der Waals surface area (Å²) >= 11 is 0. The number of hydrogen-bond acceptors (Lipinski definition) is 6. The van der Waals surface area contributed by atoms with Gasteiger partial charge >= 0.3 is 0 Å². The molecule has 8 heteroatoms. The Hall–Kier alpha value is -3.10. The van der Waals surface area contributed by atoms with E-state index in [2.05, 4.69) is 0 Å². The van der Waals surface area contributed by atoms with E-state index in [0.717, 1.165) is 5.69 Å². The van der Waals surface area contributed by atoms with Crippen molar-refractivity contribution in [3.8, 4) is 0 Å². The van der Waals surface area contributed by atoms with E-state index in [9.17, 15) is 14.3 Å². The van der Waals surface area contributed by atoms with Crippen molar-refractivity contribution in [1.82, 2.24) is 4.90 Å². The average molecular weight is 428 g/mol. The first kappa shape index (κ1) is 21.1. The smallest absolute Gasteiger partial charge is 0.225 e. The molecule has 1 amide bonds. The number of amides is 1. The zero-order valence-corrected chi connectivity index (χ0v) is 17.1. The van der Waals surface area contributed by atoms with Crippen LogP contribution in [0, 0.1) is 5.82 Å². The molecule has 164 valence electrons. The van der Waals surface area contributed by atoms with Crippen molar-refractivity contribution < 1.29 is 27.9 Å². The molecule has 2 aromatic heterocycles. The molecular formula is C23H25FN2O5. The molecule has 0 bridgehead atoms. The maximum absolute atomic E-state index is 14.0. The van der Waals surface area contributed by atoms with E-state index in [1.165, 1.54) is 12.1 Å². The van der Waals surface area contributed by atoms with Crippen LogP contribution in [0.3, 0.4) is 0 Å². The van der Waals surface area contributed by atoms with Crippen LogP contribution in [0.4, 0.5) is 10.1 Å². The fourth-order valence-electron chi connectivity index (χ4n) is 3.71. The molecule has 0 radical (unpaired) electrons. The molecule has 4 rings (SSSR count). The number of benzene rings is 1. The number of hydrogen-bond donors (Lipinski definition) is 1. The molecule has 1 atom stereocenters. The van der Waals surface area contributed by atoms with Crippen molar-refractivity contribution in [1.29, 1.82) is 0 Å². The van der Waals surface area contributed by atoms with Crippen LogP contribution in [0.2, 0.25) is 0 Å². The normalized spacial score (nSPS) is 15.5. The van der Waals surface area contributed by atoms with Gasteiger partial charge in [-0.15, -0.1) is 0 Å². The molecule has 0 saturated heterocycles. The quantitative estimate of drug-likeness (QED) is 0.593. The molecule has 1 aliphatic rings. The first-order chi connectivity index (χ1) is 15.1. The number of carbonyl (C=O) groups is 1. The molecule has 1 N–H and O–H groups in total. The van der Waals surface area contributed by atoms with Gasteiger partial charge in [0.1, 0.15) is 23.9 Å². The maximum Gasteiger partial charge on any atom is 0.225 e. The highest BCUT2D eigenvalue weighted by atomic mass is 19.1. The molecule has 3 heterocycles. The molecule has 0 aliphatic carbocycles. The summed E-state index contributed by atoms with van der Waals surface area (Å²) in [5.41, 5.74) is 1.48. The minimum absolute atomic E-state index is 0.0557. The molecule has 31 heavy (non-hydrogen) atoms. The summed E-state index contributed by atoms with van der Waals surface area (Å²) in [6.45, 7) is 1.64. The third-order valence-electron chi connectivity index (χ3n) is 5.18. The number of aliphatic hydroxyl groups excluding tert-OH is 1. The monoisotopic (exact) mass is 428 g/mol. The summed E-state index contributed by atoms with van der Waals surface area (Å²) in [5, 5.41) is 10.5. The van der Waals surface area contributed by atoms with Gasteiger partial charge in [-0.05, 0) is 48.0 Å². The number of anilines is 1. The van der Waals surface area contributed by atoms with Crippen LogP contribution in [0.15, 0.2) is 63.8 Å². The first-order valence-electron chi connectivity index (χ1n) is 10.2. The highest BCUT2D eigenvalue weighted by molar-refractivity contribution is 5.78. The van der Waals surface area contributed by atoms with E-state index in [1.807, 2.05) is 11.0 Å². The number of nitrogens with zero attached hydrogens (tertiary/aromatic N) is 2. The molecule has 0 spiro atoms. The minimum Gasteiger partial charge on any atom is -0.467 e. The second kappa shape index (κ2) is 9.80. The van der Waals surface area contributed by atoms with Crippen LogP contribution in [-0.4, -0.2) is 41.7 Å². The Labute approximate surface area is 179 Å². The third-order valence-corrected chi connectivity index (χ3v) is 5.18. The first-order valence-corrected chi connectivity index (χ1v) is 10.2. The summed E-state index contributed by atoms with van der Waals surface area (Å²) in [7, 11) is 0. The minimum atomic E-state index is -0.776. The Balaban J connectivity index is 1.45. The number of β-amino-alcohol motifs (C(OH)–C–C–N with tert-alkyl or cyclic N) is 1. The van der Waals surface area contributed by atoms with Gasteiger partial charge in [-0.2, -0.15) is 0 Å². The van der Waals surface area contributed by atoms with E-state index < -0.39 is 6.10 Å². The van der Waals surface area contributed by atoms with Gasteiger partial charge in [0.05, 0.1) is 31.8 Å². The lowest BCUT2D eigenvalue weighted by Gasteiger charge is -2.34. The third kappa shape index (κ3) is 5.53. The SMILES string of the molecule is O=C1CCN(CC(O)COCc2ccco2)c2ccc(F)cc2CN1Cc1ccco1. The van der Waals surface area contributed by atoms with E-state index in [-0.39, 0.29) is 44.4 Å². The van der Waals surface area contributed by atoms with Crippen LogP contribution in [0.25, 0.3) is 0 Å². The summed E-state index contributed by atoms with van der Waals surface area (Å²) in [6, 6.07) is 11.7. The van der Waals surface area contributed by atoms with Gasteiger partial charge in [0.25, 0.3) is 0 Å². The number of halogens is 1. The largest absolute Gasteiger partial charge is 0.467 e. The van der Waals surface area contributed by atoms with Gasteiger partial charge in [0.15, 0.2) is 0 Å². The Bertz CT molecular complexity index is 974. The number of carbonyl (C=O) groups excluding carboxylic acids is 1. The zero-order chi connectivity index (χ0) is 21.6. The topological polar surface area (TPSA) is 79.3 Å². The molecule has 0 saturated carbocycles. The fourth-order valence-corrected chi connectivity index (χ4v) is 3.71. The van der Waals surface area contributed by atoms with Crippen molar-refractivity contribution in [2.75, 3.05) is 24.6 Å². The molecule has 7 nitrogen and oxygen atoms in total. The Morgan fingerprint density at radius 1 is 1.10 bits per heavy atom. The molecule has 1 unspecified atom stereocenters. The van der Waals surface area contributed by atoms with Gasteiger partial charge in [0.2, 0.25) is 5.91 Å². The lowest BCUT2D eigenvalue weighted by molar-refractivity contribution is -0.132. The predicted molar refractivity (Wildman–Crippen MR) is 111 cm³/mol. The van der Waals surface area contributed by atoms with Crippen molar-refractivity contribution in [2.45, 2.75) is 32.2 Å². The van der Waals surface area contributed by atoms with Gasteiger partial charge < -0.3 is 28.5 Å². The van der Waals surface area contributed by atoms with Crippen molar-refractivity contribution in [3.05, 3.63) is 77.9 Å². The van der Waals surface area contributed by atoms with Crippen molar-refractivity contribution >= 4 is 11.6 Å². The summed E-state index contributed by atoms with van der Waals surface area (Å²) in [5.74, 6) is 0.932. The van der Waals surface area contributed by atoms with Crippen LogP contribution < -0.4 is 4.90 Å². The molecule has 3 aromatic rings. The van der Waals surface area contributed by atoms with Crippen LogP contribution in [-0.2, 0) is 29.2 Å². The number of fused-ring (bicyclic) bond motifs is 1. The molecule has 1 aliphatic heterocycles. The average Bonchev–Trinajstić information content (AvgIpc) is 3.44. The number of aliphatic hydroxyl groups is 1. The Morgan fingerprint density at radius 3 is 2.61 bits per heavy atom. The molecular weight excluding hydrogens is 403 g/mol. The Kier molecular flexibility index (Phi) is 6.69. The van der Waals surface area contributed by atoms with E-state index in [1.54, 1.807) is 41.7 Å². The van der Waals surface area contributed by atoms with Gasteiger partial charge in [-0.3, -0.25) is 4.79 Å². The predicted octanol–water partition coefficient (Wildman–Crippen LogP) is 3.33. The summed E-state index contributed by atoms with van der Waals surface area (Å²) < 4.78 is 30.1. The van der Waals surface area contributed by atoms with Gasteiger partial charge in [-0.25, -0.2) is 4.39 Å². The zero-order valence-electron chi connectivity index (χ0n) is 17.1. The van der Waals surface area contributed by atoms with Crippen molar-refractivity contribution in [3.63, 3.8) is 0 Å². The number of ether oxygens (including phenoxy) is 1. The second-order valence-electron chi connectivity index (χ2n) is 7.55. The summed E-state index contributed by atoms with van der Waals surface area (Å²) in [4.78, 5) is 16.4. The number of rotatable bonds is 8. The Morgan fingerprint density at radius 2 is 1.87 bits per heavy atom. The van der Waals surface area contributed by atoms with Gasteiger partial charge in [0, 0.05) is 31.7 Å². The van der Waals surface area contributed by atoms with Crippen LogP contribution in [0.5, 0.6) is 0 Å². The van der Waals surface area contributed by atoms with Crippen LogP contribution >= 0.6 is 0 Å². The lowest BCUT2D eigenvalue weighted by Crippen LogP contribution is -2.41. The maximum atomic E-state index is 14.0. The fraction of sp³-hybridized carbons (Fsp3) is 0.348. The molecule has 1 aromatic carbocycles.